The second-order valence-corrected chi connectivity index (χ2v) is 7.90. The Morgan fingerprint density at radius 2 is 2.30 bits per heavy atom. The van der Waals surface area contributed by atoms with Crippen molar-refractivity contribution in [3.63, 3.8) is 0 Å². The van der Waals surface area contributed by atoms with E-state index >= 15 is 4.39 Å². The molecule has 0 spiro atoms. The first kappa shape index (κ1) is 20.7. The molecule has 0 radical (unpaired) electrons. The number of pyridine rings is 1. The number of rotatable bonds is 7. The highest BCUT2D eigenvalue weighted by Gasteiger charge is 2.46. The van der Waals surface area contributed by atoms with Crippen molar-refractivity contribution in [2.45, 2.75) is 30.5 Å². The molecule has 0 saturated carbocycles. The van der Waals surface area contributed by atoms with Gasteiger partial charge in [0.25, 0.3) is 6.01 Å². The molecular formula is C22H20FN9O. The molecule has 1 fully saturated rings. The van der Waals surface area contributed by atoms with E-state index in [1.807, 2.05) is 12.1 Å². The van der Waals surface area contributed by atoms with Crippen molar-refractivity contribution in [2.24, 2.45) is 4.99 Å². The number of nitrogens with one attached hydrogen (secondary N) is 2. The monoisotopic (exact) mass is 445 g/mol. The zero-order valence-corrected chi connectivity index (χ0v) is 17.5. The maximum Gasteiger partial charge on any atom is 0.299 e. The predicted molar refractivity (Wildman–Crippen MR) is 120 cm³/mol. The Labute approximate surface area is 187 Å². The van der Waals surface area contributed by atoms with Gasteiger partial charge in [0.2, 0.25) is 5.71 Å². The molecule has 33 heavy (non-hydrogen) atoms. The van der Waals surface area contributed by atoms with Crippen LogP contribution in [-0.2, 0) is 0 Å². The van der Waals surface area contributed by atoms with E-state index < -0.39 is 17.6 Å². The quantitative estimate of drug-likeness (QED) is 0.416. The number of alkyl halides is 1. The molecule has 10 nitrogen and oxygen atoms in total. The van der Waals surface area contributed by atoms with Gasteiger partial charge in [-0.2, -0.15) is 10.2 Å². The topological polar surface area (TPSA) is 144 Å². The van der Waals surface area contributed by atoms with Gasteiger partial charge in [-0.1, -0.05) is 0 Å². The van der Waals surface area contributed by atoms with Crippen molar-refractivity contribution < 1.29 is 8.81 Å². The van der Waals surface area contributed by atoms with Crippen LogP contribution in [0.3, 0.4) is 0 Å². The average Bonchev–Trinajstić information content (AvgIpc) is 3.57. The number of halogens is 1. The second kappa shape index (κ2) is 8.38. The number of aromatic amines is 1. The molecule has 4 aromatic rings. The molecule has 11 heteroatoms. The molecule has 166 valence electrons. The fourth-order valence-electron chi connectivity index (χ4n) is 4.13. The Morgan fingerprint density at radius 1 is 1.39 bits per heavy atom. The summed E-state index contributed by atoms with van der Waals surface area (Å²) in [4.78, 5) is 26.1. The van der Waals surface area contributed by atoms with Crippen LogP contribution in [0.15, 0.2) is 46.3 Å². The molecule has 5 heterocycles. The summed E-state index contributed by atoms with van der Waals surface area (Å²) in [6.07, 6.45) is 7.53. The number of fused-ring (bicyclic) bond motifs is 2. The molecular weight excluding hydrogens is 425 g/mol. The standard InChI is InChI=1S/C22H20FN9O/c23-22(5-9-32(12-22)21-31-16-2-1-7-27-20(16)33-21)17(3-6-24)28-11-14(10-25)18-15-4-8-26-19(15)30-13-29-18/h1-2,4,7-8,10-11,13-14,17,25H,3,5,9,12H2,(H,26,29,30). The molecule has 2 N–H and O–H groups in total. The van der Waals surface area contributed by atoms with Gasteiger partial charge < -0.3 is 19.7 Å². The largest absolute Gasteiger partial charge is 0.404 e. The SMILES string of the molecule is N#CCC(N=CC(C=N)c1ncnc2[nH]ccc12)C1(F)CCN(c2nc3cccnc3o2)C1. The molecule has 0 aromatic carbocycles. The van der Waals surface area contributed by atoms with E-state index in [0.717, 1.165) is 5.39 Å². The number of oxazole rings is 1. The summed E-state index contributed by atoms with van der Waals surface area (Å²) in [5, 5.41) is 17.9. The highest BCUT2D eigenvalue weighted by Crippen LogP contribution is 2.36. The van der Waals surface area contributed by atoms with Crippen LogP contribution >= 0.6 is 0 Å². The number of aliphatic imine (C=N–C) groups is 1. The molecule has 3 atom stereocenters. The van der Waals surface area contributed by atoms with Crippen LogP contribution in [0, 0.1) is 16.7 Å². The summed E-state index contributed by atoms with van der Waals surface area (Å²) in [5.41, 5.74) is 0.489. The third-order valence-corrected chi connectivity index (χ3v) is 5.87. The molecule has 0 bridgehead atoms. The fourth-order valence-corrected chi connectivity index (χ4v) is 4.13. The van der Waals surface area contributed by atoms with E-state index in [9.17, 15) is 5.26 Å². The maximum atomic E-state index is 16.0. The first-order valence-corrected chi connectivity index (χ1v) is 10.5. The van der Waals surface area contributed by atoms with Crippen LogP contribution in [0.5, 0.6) is 0 Å². The lowest BCUT2D eigenvalue weighted by Gasteiger charge is -2.25. The van der Waals surface area contributed by atoms with Gasteiger partial charge >= 0.3 is 0 Å². The van der Waals surface area contributed by atoms with E-state index in [-0.39, 0.29) is 19.4 Å². The number of hydrogen-bond donors (Lipinski definition) is 2. The number of aromatic nitrogens is 5. The maximum absolute atomic E-state index is 16.0. The fraction of sp³-hybridized carbons (Fsp3) is 0.318. The Bertz CT molecular complexity index is 1340. The van der Waals surface area contributed by atoms with E-state index in [2.05, 4.69) is 29.9 Å². The molecule has 0 amide bonds. The van der Waals surface area contributed by atoms with E-state index in [4.69, 9.17) is 9.83 Å². The highest BCUT2D eigenvalue weighted by atomic mass is 19.1. The van der Waals surface area contributed by atoms with Crippen molar-refractivity contribution in [3.8, 4) is 6.07 Å². The molecule has 0 aliphatic carbocycles. The number of anilines is 1. The number of nitriles is 1. The van der Waals surface area contributed by atoms with Crippen LogP contribution in [0.2, 0.25) is 0 Å². The minimum absolute atomic E-state index is 0.00563. The summed E-state index contributed by atoms with van der Waals surface area (Å²) in [5.74, 6) is -0.572. The zero-order chi connectivity index (χ0) is 22.8. The molecule has 1 aliphatic heterocycles. The van der Waals surface area contributed by atoms with Crippen LogP contribution in [-0.4, -0.2) is 62.1 Å². The van der Waals surface area contributed by atoms with Crippen molar-refractivity contribution in [1.82, 2.24) is 24.9 Å². The lowest BCUT2D eigenvalue weighted by molar-refractivity contribution is 0.154. The average molecular weight is 445 g/mol. The van der Waals surface area contributed by atoms with Crippen LogP contribution in [0.1, 0.15) is 24.5 Å². The van der Waals surface area contributed by atoms with Gasteiger partial charge in [-0.25, -0.2) is 19.3 Å². The summed E-state index contributed by atoms with van der Waals surface area (Å²) in [7, 11) is 0. The second-order valence-electron chi connectivity index (χ2n) is 7.90. The van der Waals surface area contributed by atoms with Gasteiger partial charge in [0.1, 0.15) is 17.5 Å². The Kier molecular flexibility index (Phi) is 5.26. The van der Waals surface area contributed by atoms with Gasteiger partial charge in [-0.15, -0.1) is 0 Å². The predicted octanol–water partition coefficient (Wildman–Crippen LogP) is 3.20. The molecule has 3 unspecified atom stereocenters. The van der Waals surface area contributed by atoms with Gasteiger partial charge in [-0.05, 0) is 18.2 Å². The van der Waals surface area contributed by atoms with Crippen molar-refractivity contribution in [1.29, 1.82) is 10.7 Å². The number of hydrogen-bond acceptors (Lipinski definition) is 9. The normalized spacial score (nSPS) is 20.4. The minimum atomic E-state index is -1.75. The Hall–Kier alpha value is -4.20. The Morgan fingerprint density at radius 3 is 3.12 bits per heavy atom. The summed E-state index contributed by atoms with van der Waals surface area (Å²) in [6.45, 7) is 0.374. The van der Waals surface area contributed by atoms with E-state index in [1.54, 1.807) is 29.4 Å². The number of H-pyrrole nitrogens is 1. The number of nitrogens with zero attached hydrogens (tertiary/aromatic N) is 7. The zero-order valence-electron chi connectivity index (χ0n) is 17.5. The first-order chi connectivity index (χ1) is 16.1. The van der Waals surface area contributed by atoms with E-state index in [1.165, 1.54) is 18.8 Å². The van der Waals surface area contributed by atoms with Crippen molar-refractivity contribution >= 4 is 40.7 Å². The first-order valence-electron chi connectivity index (χ1n) is 10.5. The van der Waals surface area contributed by atoms with Crippen molar-refractivity contribution in [3.05, 3.63) is 42.6 Å². The van der Waals surface area contributed by atoms with Gasteiger partial charge in [0.05, 0.1) is 36.7 Å². The summed E-state index contributed by atoms with van der Waals surface area (Å²) < 4.78 is 21.7. The molecule has 1 saturated heterocycles. The highest BCUT2D eigenvalue weighted by molar-refractivity contribution is 5.94. The lowest BCUT2D eigenvalue weighted by atomic mass is 9.93. The van der Waals surface area contributed by atoms with Crippen molar-refractivity contribution in [2.75, 3.05) is 18.0 Å². The van der Waals surface area contributed by atoms with Gasteiger partial charge in [0.15, 0.2) is 5.67 Å². The third-order valence-electron chi connectivity index (χ3n) is 5.87. The smallest absolute Gasteiger partial charge is 0.299 e. The van der Waals surface area contributed by atoms with E-state index in [0.29, 0.717) is 35.1 Å². The molecule has 4 aromatic heterocycles. The lowest BCUT2D eigenvalue weighted by Crippen LogP contribution is -2.40. The summed E-state index contributed by atoms with van der Waals surface area (Å²) in [6, 6.07) is 6.80. The van der Waals surface area contributed by atoms with Crippen LogP contribution in [0.25, 0.3) is 22.3 Å². The van der Waals surface area contributed by atoms with Crippen LogP contribution < -0.4 is 4.90 Å². The minimum Gasteiger partial charge on any atom is -0.404 e. The molecule has 5 rings (SSSR count). The van der Waals surface area contributed by atoms with Gasteiger partial charge in [0, 0.05) is 43.2 Å². The summed E-state index contributed by atoms with van der Waals surface area (Å²) >= 11 is 0. The molecule has 1 aliphatic rings. The van der Waals surface area contributed by atoms with Crippen LogP contribution in [0.4, 0.5) is 10.4 Å². The Balaban J connectivity index is 1.38. The third kappa shape index (κ3) is 3.80. The van der Waals surface area contributed by atoms with Gasteiger partial charge in [-0.3, -0.25) is 4.99 Å².